The first kappa shape index (κ1) is 12.0. The molecule has 3 nitrogen and oxygen atoms in total. The summed E-state index contributed by atoms with van der Waals surface area (Å²) in [6.07, 6.45) is 1.86. The number of nitrogens with zero attached hydrogens (tertiary/aromatic N) is 1. The van der Waals surface area contributed by atoms with Gasteiger partial charge in [0, 0.05) is 18.7 Å². The second kappa shape index (κ2) is 5.75. The number of benzene rings is 1. The van der Waals surface area contributed by atoms with Gasteiger partial charge in [0.05, 0.1) is 18.2 Å². The van der Waals surface area contributed by atoms with Gasteiger partial charge in [0.1, 0.15) is 0 Å². The molecule has 2 aromatic rings. The van der Waals surface area contributed by atoms with Gasteiger partial charge in [-0.1, -0.05) is 25.1 Å². The lowest BCUT2D eigenvalue weighted by Crippen LogP contribution is -2.25. The number of likely N-dealkylation sites (N-methyl/N-ethyl adjacent to an activating group) is 1. The molecule has 1 unspecified atom stereocenters. The van der Waals surface area contributed by atoms with E-state index in [1.807, 2.05) is 24.4 Å². The van der Waals surface area contributed by atoms with Gasteiger partial charge in [-0.05, 0) is 24.2 Å². The lowest BCUT2D eigenvalue weighted by Gasteiger charge is -2.18. The summed E-state index contributed by atoms with van der Waals surface area (Å²) in [5.41, 5.74) is 2.28. The molecule has 1 aromatic carbocycles. The molecule has 0 saturated carbocycles. The molecule has 17 heavy (non-hydrogen) atoms. The van der Waals surface area contributed by atoms with E-state index in [-0.39, 0.29) is 6.04 Å². The van der Waals surface area contributed by atoms with Crippen molar-refractivity contribution in [2.45, 2.75) is 13.0 Å². The third kappa shape index (κ3) is 2.62. The maximum absolute atomic E-state index is 5.28. The summed E-state index contributed by atoms with van der Waals surface area (Å²) in [6, 6.07) is 10.5. The quantitative estimate of drug-likeness (QED) is 0.857. The van der Waals surface area contributed by atoms with Gasteiger partial charge >= 0.3 is 0 Å². The van der Waals surface area contributed by atoms with Gasteiger partial charge in [-0.15, -0.1) is 0 Å². The van der Waals surface area contributed by atoms with Crippen molar-refractivity contribution in [2.24, 2.45) is 0 Å². The van der Waals surface area contributed by atoms with Crippen molar-refractivity contribution < 1.29 is 4.74 Å². The Morgan fingerprint density at radius 3 is 2.88 bits per heavy atom. The third-order valence-electron chi connectivity index (χ3n) is 2.84. The summed E-state index contributed by atoms with van der Waals surface area (Å²) in [4.78, 5) is 4.38. The zero-order chi connectivity index (χ0) is 12.1. The highest BCUT2D eigenvalue weighted by molar-refractivity contribution is 5.82. The molecule has 0 amide bonds. The highest BCUT2D eigenvalue weighted by Crippen LogP contribution is 2.22. The van der Waals surface area contributed by atoms with E-state index in [4.69, 9.17) is 4.74 Å². The first-order valence-corrected chi connectivity index (χ1v) is 5.92. The SMILES string of the molecule is CCNC(COC)c1ccnc2ccccc12. The first-order chi connectivity index (χ1) is 8.36. The van der Waals surface area contributed by atoms with Crippen LogP contribution in [0.1, 0.15) is 18.5 Å². The van der Waals surface area contributed by atoms with Gasteiger partial charge in [-0.2, -0.15) is 0 Å². The molecule has 0 aliphatic rings. The summed E-state index contributed by atoms with van der Waals surface area (Å²) in [5.74, 6) is 0. The summed E-state index contributed by atoms with van der Waals surface area (Å²) in [5, 5.41) is 4.63. The van der Waals surface area contributed by atoms with Crippen molar-refractivity contribution in [1.82, 2.24) is 10.3 Å². The molecule has 0 saturated heterocycles. The minimum Gasteiger partial charge on any atom is -0.383 e. The molecule has 0 aliphatic carbocycles. The Morgan fingerprint density at radius 2 is 2.12 bits per heavy atom. The lowest BCUT2D eigenvalue weighted by molar-refractivity contribution is 0.168. The number of fused-ring (bicyclic) bond motifs is 1. The van der Waals surface area contributed by atoms with Gasteiger partial charge in [0.2, 0.25) is 0 Å². The van der Waals surface area contributed by atoms with E-state index in [1.54, 1.807) is 7.11 Å². The van der Waals surface area contributed by atoms with Gasteiger partial charge in [-0.3, -0.25) is 4.98 Å². The van der Waals surface area contributed by atoms with Crippen molar-refractivity contribution in [2.75, 3.05) is 20.3 Å². The van der Waals surface area contributed by atoms with Crippen LogP contribution in [-0.4, -0.2) is 25.2 Å². The fourth-order valence-electron chi connectivity index (χ4n) is 2.09. The number of aromatic nitrogens is 1. The van der Waals surface area contributed by atoms with Crippen LogP contribution in [0.3, 0.4) is 0 Å². The summed E-state index contributed by atoms with van der Waals surface area (Å²) in [7, 11) is 1.73. The number of methoxy groups -OCH3 is 1. The van der Waals surface area contributed by atoms with Crippen LogP contribution in [0, 0.1) is 0 Å². The van der Waals surface area contributed by atoms with E-state index < -0.39 is 0 Å². The number of para-hydroxylation sites is 1. The minimum absolute atomic E-state index is 0.220. The first-order valence-electron chi connectivity index (χ1n) is 5.92. The molecular weight excluding hydrogens is 212 g/mol. The van der Waals surface area contributed by atoms with Crippen LogP contribution in [-0.2, 0) is 4.74 Å². The molecular formula is C14H18N2O. The van der Waals surface area contributed by atoms with Crippen LogP contribution in [0.2, 0.25) is 0 Å². The molecule has 0 spiro atoms. The number of rotatable bonds is 5. The van der Waals surface area contributed by atoms with Crippen molar-refractivity contribution in [3.05, 3.63) is 42.1 Å². The van der Waals surface area contributed by atoms with Crippen molar-refractivity contribution in [3.63, 3.8) is 0 Å². The van der Waals surface area contributed by atoms with Gasteiger partial charge < -0.3 is 10.1 Å². The zero-order valence-corrected chi connectivity index (χ0v) is 10.3. The lowest BCUT2D eigenvalue weighted by atomic mass is 10.0. The number of ether oxygens (including phenoxy) is 1. The predicted molar refractivity (Wildman–Crippen MR) is 70.0 cm³/mol. The molecule has 0 radical (unpaired) electrons. The van der Waals surface area contributed by atoms with E-state index in [0.717, 1.165) is 12.1 Å². The third-order valence-corrected chi connectivity index (χ3v) is 2.84. The molecule has 2 rings (SSSR count). The molecule has 0 aliphatic heterocycles. The zero-order valence-electron chi connectivity index (χ0n) is 10.3. The number of nitrogens with one attached hydrogen (secondary N) is 1. The molecule has 90 valence electrons. The van der Waals surface area contributed by atoms with Crippen LogP contribution >= 0.6 is 0 Å². The minimum atomic E-state index is 0.220. The standard InChI is InChI=1S/C14H18N2O/c1-3-15-14(10-17-2)12-8-9-16-13-7-5-4-6-11(12)13/h4-9,14-15H,3,10H2,1-2H3. The van der Waals surface area contributed by atoms with Crippen LogP contribution in [0.25, 0.3) is 10.9 Å². The van der Waals surface area contributed by atoms with E-state index >= 15 is 0 Å². The fourth-order valence-corrected chi connectivity index (χ4v) is 2.09. The maximum Gasteiger partial charge on any atom is 0.0705 e. The van der Waals surface area contributed by atoms with Crippen molar-refractivity contribution >= 4 is 10.9 Å². The highest BCUT2D eigenvalue weighted by Gasteiger charge is 2.12. The predicted octanol–water partition coefficient (Wildman–Crippen LogP) is 2.53. The van der Waals surface area contributed by atoms with Crippen LogP contribution in [0.15, 0.2) is 36.5 Å². The Kier molecular flexibility index (Phi) is 4.07. The highest BCUT2D eigenvalue weighted by atomic mass is 16.5. The van der Waals surface area contributed by atoms with Crippen molar-refractivity contribution in [1.29, 1.82) is 0 Å². The van der Waals surface area contributed by atoms with E-state index in [9.17, 15) is 0 Å². The summed E-state index contributed by atoms with van der Waals surface area (Å²) in [6.45, 7) is 3.69. The molecule has 3 heteroatoms. The van der Waals surface area contributed by atoms with Crippen LogP contribution in [0.5, 0.6) is 0 Å². The molecule has 0 bridgehead atoms. The topological polar surface area (TPSA) is 34.1 Å². The molecule has 1 atom stereocenters. The van der Waals surface area contributed by atoms with Gasteiger partial charge in [0.25, 0.3) is 0 Å². The van der Waals surface area contributed by atoms with Gasteiger partial charge in [-0.25, -0.2) is 0 Å². The largest absolute Gasteiger partial charge is 0.383 e. The molecule has 1 N–H and O–H groups in total. The second-order valence-electron chi connectivity index (χ2n) is 3.98. The maximum atomic E-state index is 5.28. The molecule has 0 fully saturated rings. The van der Waals surface area contributed by atoms with Crippen molar-refractivity contribution in [3.8, 4) is 0 Å². The fraction of sp³-hybridized carbons (Fsp3) is 0.357. The summed E-state index contributed by atoms with van der Waals surface area (Å²) < 4.78 is 5.28. The Hall–Kier alpha value is -1.45. The Bertz CT molecular complexity index is 473. The second-order valence-corrected chi connectivity index (χ2v) is 3.98. The number of hydrogen-bond acceptors (Lipinski definition) is 3. The Morgan fingerprint density at radius 1 is 1.29 bits per heavy atom. The molecule has 1 heterocycles. The number of hydrogen-bond donors (Lipinski definition) is 1. The van der Waals surface area contributed by atoms with Crippen LogP contribution < -0.4 is 5.32 Å². The molecule has 1 aromatic heterocycles. The van der Waals surface area contributed by atoms with E-state index in [2.05, 4.69) is 29.4 Å². The normalized spacial score (nSPS) is 12.8. The Labute approximate surface area is 102 Å². The average Bonchev–Trinajstić information content (AvgIpc) is 2.38. The monoisotopic (exact) mass is 230 g/mol. The smallest absolute Gasteiger partial charge is 0.0705 e. The Balaban J connectivity index is 2.44. The van der Waals surface area contributed by atoms with Gasteiger partial charge in [0.15, 0.2) is 0 Å². The average molecular weight is 230 g/mol. The number of pyridine rings is 1. The summed E-state index contributed by atoms with van der Waals surface area (Å²) >= 11 is 0. The van der Waals surface area contributed by atoms with Crippen LogP contribution in [0.4, 0.5) is 0 Å². The van der Waals surface area contributed by atoms with E-state index in [0.29, 0.717) is 6.61 Å². The van der Waals surface area contributed by atoms with E-state index in [1.165, 1.54) is 10.9 Å².